The predicted molar refractivity (Wildman–Crippen MR) is 160 cm³/mol. The topological polar surface area (TPSA) is 32.8 Å². The molecule has 0 aliphatic carbocycles. The maximum absolute atomic E-state index is 13.5. The molecular weight excluding hydrogens is 545 g/mol. The second-order valence-electron chi connectivity index (χ2n) is 11.0. The number of hydrogen-bond donors (Lipinski definition) is 0. The van der Waals surface area contributed by atoms with Gasteiger partial charge in [-0.05, 0) is 53.8 Å². The van der Waals surface area contributed by atoms with Crippen molar-refractivity contribution < 1.29 is 22.7 Å². The lowest BCUT2D eigenvalue weighted by atomic mass is 9.94. The zero-order chi connectivity index (χ0) is 29.1. The molecule has 4 nitrogen and oxygen atoms in total. The van der Waals surface area contributed by atoms with Gasteiger partial charge in [-0.2, -0.15) is 13.2 Å². The number of fused-ring (bicyclic) bond motifs is 2. The Hall–Kier alpha value is -2.29. The summed E-state index contributed by atoms with van der Waals surface area (Å²) < 4.78 is 45.9. The summed E-state index contributed by atoms with van der Waals surface area (Å²) in [6, 6.07) is 12.0. The van der Waals surface area contributed by atoms with Crippen molar-refractivity contribution in [1.82, 2.24) is 9.80 Å². The number of rotatable bonds is 14. The third-order valence-corrected chi connectivity index (χ3v) is 9.06. The van der Waals surface area contributed by atoms with Crippen LogP contribution in [0.1, 0.15) is 81.4 Å². The summed E-state index contributed by atoms with van der Waals surface area (Å²) in [6.07, 6.45) is 7.34. The number of hydrogen-bond acceptors (Lipinski definition) is 5. The minimum Gasteiger partial charge on any atom is -0.464 e. The molecule has 8 heteroatoms. The Labute approximate surface area is 247 Å². The van der Waals surface area contributed by atoms with E-state index in [1.807, 2.05) is 24.3 Å². The van der Waals surface area contributed by atoms with E-state index in [1.165, 1.54) is 56.0 Å². The molecule has 1 fully saturated rings. The maximum atomic E-state index is 13.5. The summed E-state index contributed by atoms with van der Waals surface area (Å²) in [4.78, 5) is 18.7. The van der Waals surface area contributed by atoms with Gasteiger partial charge in [-0.1, -0.05) is 81.5 Å². The van der Waals surface area contributed by atoms with Crippen LogP contribution in [0.3, 0.4) is 0 Å². The van der Waals surface area contributed by atoms with Gasteiger partial charge in [0.05, 0.1) is 5.56 Å². The van der Waals surface area contributed by atoms with E-state index >= 15 is 0 Å². The molecule has 0 aromatic heterocycles. The van der Waals surface area contributed by atoms with E-state index in [2.05, 4.69) is 22.8 Å². The van der Waals surface area contributed by atoms with Gasteiger partial charge >= 0.3 is 12.1 Å². The Kier molecular flexibility index (Phi) is 12.2. The van der Waals surface area contributed by atoms with Crippen LogP contribution in [0, 0.1) is 0 Å². The van der Waals surface area contributed by atoms with Gasteiger partial charge in [0.2, 0.25) is 0 Å². The zero-order valence-corrected chi connectivity index (χ0v) is 25.0. The summed E-state index contributed by atoms with van der Waals surface area (Å²) in [5, 5.41) is 0. The molecule has 0 amide bonds. The first-order chi connectivity index (χ1) is 19.8. The molecule has 0 bridgehead atoms. The van der Waals surface area contributed by atoms with Crippen LogP contribution >= 0.6 is 11.8 Å². The Morgan fingerprint density at radius 2 is 1.54 bits per heavy atom. The SMILES string of the molecule is CCCCCCCCCC(=O)OCCN1CCN(CC/C=C2\c3ccccc3Sc3ccc(C(F)(F)F)cc32)CC1. The van der Waals surface area contributed by atoms with Crippen LogP contribution in [0.2, 0.25) is 0 Å². The Bertz CT molecular complexity index is 1160. The number of ether oxygens (including phenoxy) is 1. The number of piperazine rings is 1. The molecule has 2 aliphatic heterocycles. The van der Waals surface area contributed by atoms with E-state index in [4.69, 9.17) is 4.74 Å². The number of unbranched alkanes of at least 4 members (excludes halogenated alkanes) is 6. The summed E-state index contributed by atoms with van der Waals surface area (Å²) in [6.45, 7) is 7.97. The molecule has 41 heavy (non-hydrogen) atoms. The molecule has 0 saturated carbocycles. The second-order valence-corrected chi connectivity index (χ2v) is 12.1. The van der Waals surface area contributed by atoms with E-state index < -0.39 is 11.7 Å². The van der Waals surface area contributed by atoms with E-state index in [1.54, 1.807) is 6.07 Å². The Morgan fingerprint density at radius 1 is 0.878 bits per heavy atom. The van der Waals surface area contributed by atoms with Gasteiger partial charge in [-0.3, -0.25) is 9.69 Å². The Balaban J connectivity index is 1.20. The molecule has 2 aliphatic rings. The predicted octanol–water partition coefficient (Wildman–Crippen LogP) is 8.29. The highest BCUT2D eigenvalue weighted by atomic mass is 32.2. The first kappa shape index (κ1) is 31.6. The van der Waals surface area contributed by atoms with Crippen molar-refractivity contribution in [2.75, 3.05) is 45.9 Å². The summed E-state index contributed by atoms with van der Waals surface area (Å²) in [5.41, 5.74) is 1.93. The second kappa shape index (κ2) is 15.8. The third kappa shape index (κ3) is 9.62. The number of carbonyl (C=O) groups is 1. The highest BCUT2D eigenvalue weighted by molar-refractivity contribution is 7.99. The highest BCUT2D eigenvalue weighted by Crippen LogP contribution is 2.47. The highest BCUT2D eigenvalue weighted by Gasteiger charge is 2.32. The number of carbonyl (C=O) groups excluding carboxylic acids is 1. The molecule has 0 radical (unpaired) electrons. The van der Waals surface area contributed by atoms with Crippen LogP contribution in [0.15, 0.2) is 58.3 Å². The first-order valence-corrected chi connectivity index (χ1v) is 16.0. The van der Waals surface area contributed by atoms with Gasteiger partial charge in [-0.25, -0.2) is 0 Å². The molecule has 2 aromatic rings. The lowest BCUT2D eigenvalue weighted by Gasteiger charge is -2.34. The van der Waals surface area contributed by atoms with Crippen molar-refractivity contribution in [3.05, 3.63) is 65.2 Å². The molecule has 2 aromatic carbocycles. The maximum Gasteiger partial charge on any atom is 0.416 e. The van der Waals surface area contributed by atoms with Crippen LogP contribution in [0.25, 0.3) is 5.57 Å². The molecule has 4 rings (SSSR count). The van der Waals surface area contributed by atoms with E-state index in [0.29, 0.717) is 18.6 Å². The fourth-order valence-electron chi connectivity index (χ4n) is 5.48. The third-order valence-electron chi connectivity index (χ3n) is 7.91. The molecular formula is C33H43F3N2O2S. The zero-order valence-electron chi connectivity index (χ0n) is 24.2. The number of halogens is 3. The van der Waals surface area contributed by atoms with Crippen molar-refractivity contribution in [3.8, 4) is 0 Å². The average molecular weight is 589 g/mol. The van der Waals surface area contributed by atoms with Crippen molar-refractivity contribution in [2.45, 2.75) is 80.7 Å². The molecule has 0 atom stereocenters. The standard InChI is InChI=1S/C33H43F3N2O2S/c1-2-3-4-5-6-7-8-15-32(39)40-24-23-38-21-19-37(20-22-38)18-11-13-27-28-12-9-10-14-30(28)41-31-17-16-26(25-29(27)31)33(34,35)36/h9-10,12-14,16-17,25H,2-8,11,15,18-24H2,1H3/b27-13+. The van der Waals surface area contributed by atoms with Crippen LogP contribution in [0.4, 0.5) is 13.2 Å². The van der Waals surface area contributed by atoms with Gasteiger partial charge in [0, 0.05) is 55.5 Å². The lowest BCUT2D eigenvalue weighted by Crippen LogP contribution is -2.47. The van der Waals surface area contributed by atoms with Crippen LogP contribution in [0.5, 0.6) is 0 Å². The van der Waals surface area contributed by atoms with Gasteiger partial charge in [0.25, 0.3) is 0 Å². The number of nitrogens with zero attached hydrogens (tertiary/aromatic N) is 2. The summed E-state index contributed by atoms with van der Waals surface area (Å²) >= 11 is 1.53. The molecule has 1 saturated heterocycles. The van der Waals surface area contributed by atoms with E-state index in [-0.39, 0.29) is 5.97 Å². The molecule has 0 unspecified atom stereocenters. The monoisotopic (exact) mass is 588 g/mol. The molecule has 0 spiro atoms. The fraction of sp³-hybridized carbons (Fsp3) is 0.545. The van der Waals surface area contributed by atoms with Crippen molar-refractivity contribution in [1.29, 1.82) is 0 Å². The molecule has 2 heterocycles. The average Bonchev–Trinajstić information content (AvgIpc) is 2.96. The quantitative estimate of drug-likeness (QED) is 0.140. The smallest absolute Gasteiger partial charge is 0.416 e. The minimum atomic E-state index is -4.37. The van der Waals surface area contributed by atoms with Gasteiger partial charge < -0.3 is 9.64 Å². The summed E-state index contributed by atoms with van der Waals surface area (Å²) in [7, 11) is 0. The lowest BCUT2D eigenvalue weighted by molar-refractivity contribution is -0.144. The van der Waals surface area contributed by atoms with Crippen LogP contribution in [-0.2, 0) is 15.7 Å². The van der Waals surface area contributed by atoms with Crippen molar-refractivity contribution in [2.24, 2.45) is 0 Å². The number of alkyl halides is 3. The summed E-state index contributed by atoms with van der Waals surface area (Å²) in [5.74, 6) is -0.0863. The van der Waals surface area contributed by atoms with Gasteiger partial charge in [0.15, 0.2) is 0 Å². The van der Waals surface area contributed by atoms with Crippen molar-refractivity contribution >= 4 is 23.3 Å². The normalized spacial score (nSPS) is 16.9. The Morgan fingerprint density at radius 3 is 2.27 bits per heavy atom. The minimum absolute atomic E-state index is 0.0863. The fourth-order valence-corrected chi connectivity index (χ4v) is 6.57. The van der Waals surface area contributed by atoms with Gasteiger partial charge in [0.1, 0.15) is 6.61 Å². The van der Waals surface area contributed by atoms with Crippen LogP contribution in [-0.4, -0.2) is 61.6 Å². The number of esters is 1. The first-order valence-electron chi connectivity index (χ1n) is 15.1. The largest absolute Gasteiger partial charge is 0.464 e. The van der Waals surface area contributed by atoms with Crippen LogP contribution < -0.4 is 0 Å². The number of benzene rings is 2. The van der Waals surface area contributed by atoms with E-state index in [0.717, 1.165) is 79.5 Å². The molecule has 0 N–H and O–H groups in total. The molecule has 224 valence electrons. The van der Waals surface area contributed by atoms with E-state index in [9.17, 15) is 18.0 Å². The van der Waals surface area contributed by atoms with Gasteiger partial charge in [-0.15, -0.1) is 0 Å². The van der Waals surface area contributed by atoms with Crippen molar-refractivity contribution in [3.63, 3.8) is 0 Å².